The largest absolute Gasteiger partial charge is 0.356 e. The second-order valence-electron chi connectivity index (χ2n) is 3.16. The zero-order valence-electron chi connectivity index (χ0n) is 8.84. The van der Waals surface area contributed by atoms with E-state index in [1.165, 1.54) is 0 Å². The van der Waals surface area contributed by atoms with Crippen LogP contribution in [0.15, 0.2) is 30.3 Å². The minimum Gasteiger partial charge on any atom is -0.356 e. The van der Waals surface area contributed by atoms with Gasteiger partial charge in [0.15, 0.2) is 0 Å². The van der Waals surface area contributed by atoms with Gasteiger partial charge in [0.05, 0.1) is 5.75 Å². The van der Waals surface area contributed by atoms with Gasteiger partial charge in [0, 0.05) is 6.42 Å². The number of hydrogen-bond acceptors (Lipinski definition) is 4. The number of hydrogen-bond donors (Lipinski definition) is 1. The molecular weight excluding hydrogens is 230 g/mol. The molecule has 0 unspecified atom stereocenters. The van der Waals surface area contributed by atoms with Crippen LogP contribution in [-0.4, -0.2) is 14.4 Å². The lowest BCUT2D eigenvalue weighted by Gasteiger charge is -2.05. The van der Waals surface area contributed by atoms with E-state index in [1.807, 2.05) is 0 Å². The average molecular weight is 243 g/mol. The molecule has 0 aliphatic heterocycles. The van der Waals surface area contributed by atoms with Crippen molar-refractivity contribution >= 4 is 16.0 Å². The summed E-state index contributed by atoms with van der Waals surface area (Å²) in [6.45, 7) is 1.58. The van der Waals surface area contributed by atoms with Crippen LogP contribution in [0.4, 0.5) is 0 Å². The van der Waals surface area contributed by atoms with Crippen LogP contribution >= 0.6 is 0 Å². The van der Waals surface area contributed by atoms with Crippen LogP contribution in [0.5, 0.6) is 0 Å². The Labute approximate surface area is 94.4 Å². The third kappa shape index (κ3) is 4.41. The molecule has 0 fully saturated rings. The third-order valence-electron chi connectivity index (χ3n) is 1.77. The van der Waals surface area contributed by atoms with Gasteiger partial charge < -0.3 is 4.84 Å². The van der Waals surface area contributed by atoms with E-state index < -0.39 is 16.0 Å². The van der Waals surface area contributed by atoms with E-state index in [1.54, 1.807) is 42.1 Å². The molecule has 0 aliphatic carbocycles. The van der Waals surface area contributed by atoms with Gasteiger partial charge in [-0.05, 0) is 10.4 Å². The Kier molecular flexibility index (Phi) is 4.45. The van der Waals surface area contributed by atoms with Gasteiger partial charge >= 0.3 is 5.97 Å². The molecular formula is C10H13NO4S. The molecule has 0 spiro atoms. The summed E-state index contributed by atoms with van der Waals surface area (Å²) in [4.78, 5) is 16.9. The number of nitrogens with one attached hydrogen (secondary N) is 1. The molecule has 5 nitrogen and oxygen atoms in total. The summed E-state index contributed by atoms with van der Waals surface area (Å²) in [5.41, 5.74) is 0.627. The molecule has 16 heavy (non-hydrogen) atoms. The number of sulfonamides is 1. The van der Waals surface area contributed by atoms with E-state index in [2.05, 4.69) is 4.84 Å². The fraction of sp³-hybridized carbons (Fsp3) is 0.300. The van der Waals surface area contributed by atoms with Gasteiger partial charge in [-0.15, -0.1) is 0 Å². The van der Waals surface area contributed by atoms with Crippen LogP contribution in [0.1, 0.15) is 18.9 Å². The Morgan fingerprint density at radius 2 is 1.94 bits per heavy atom. The summed E-state index contributed by atoms with van der Waals surface area (Å²) in [7, 11) is -3.63. The SMILES string of the molecule is CCC(=O)ONS(=O)(=O)Cc1ccccc1. The highest BCUT2D eigenvalue weighted by molar-refractivity contribution is 7.88. The molecule has 0 radical (unpaired) electrons. The lowest BCUT2D eigenvalue weighted by molar-refractivity contribution is -0.146. The first-order valence-electron chi connectivity index (χ1n) is 4.76. The van der Waals surface area contributed by atoms with Gasteiger partial charge in [0.2, 0.25) is 10.0 Å². The maximum absolute atomic E-state index is 11.4. The summed E-state index contributed by atoms with van der Waals surface area (Å²) >= 11 is 0. The first kappa shape index (κ1) is 12.7. The summed E-state index contributed by atoms with van der Waals surface area (Å²) in [5.74, 6) is -0.832. The predicted octanol–water partition coefficient (Wildman–Crippen LogP) is 0.974. The minimum atomic E-state index is -3.63. The molecule has 1 aromatic carbocycles. The summed E-state index contributed by atoms with van der Waals surface area (Å²) in [5, 5.41) is 0. The molecule has 88 valence electrons. The number of benzene rings is 1. The van der Waals surface area contributed by atoms with Crippen molar-refractivity contribution in [3.8, 4) is 0 Å². The molecule has 0 aromatic heterocycles. The molecule has 0 aliphatic rings. The standard InChI is InChI=1S/C10H13NO4S/c1-2-10(12)15-11-16(13,14)8-9-6-4-3-5-7-9/h3-7,11H,2,8H2,1H3. The quantitative estimate of drug-likeness (QED) is 0.782. The number of carbonyl (C=O) groups is 1. The highest BCUT2D eigenvalue weighted by Crippen LogP contribution is 2.03. The molecule has 0 saturated heterocycles. The van der Waals surface area contributed by atoms with Crippen LogP contribution < -0.4 is 4.89 Å². The van der Waals surface area contributed by atoms with E-state index >= 15 is 0 Å². The Morgan fingerprint density at radius 3 is 2.50 bits per heavy atom. The Morgan fingerprint density at radius 1 is 1.31 bits per heavy atom. The number of carbonyl (C=O) groups excluding carboxylic acids is 1. The fourth-order valence-electron chi connectivity index (χ4n) is 1.01. The molecule has 1 rings (SSSR count). The maximum Gasteiger partial charge on any atom is 0.325 e. The molecule has 0 amide bonds. The first-order valence-corrected chi connectivity index (χ1v) is 6.42. The minimum absolute atomic E-state index is 0.119. The van der Waals surface area contributed by atoms with Crippen LogP contribution in [0.2, 0.25) is 0 Å². The van der Waals surface area contributed by atoms with E-state index in [-0.39, 0.29) is 12.2 Å². The zero-order valence-corrected chi connectivity index (χ0v) is 9.66. The van der Waals surface area contributed by atoms with E-state index in [4.69, 9.17) is 0 Å². The van der Waals surface area contributed by atoms with Gasteiger partial charge in [0.25, 0.3) is 0 Å². The molecule has 0 heterocycles. The van der Waals surface area contributed by atoms with Gasteiger partial charge in [-0.25, -0.2) is 8.42 Å². The van der Waals surface area contributed by atoms with Gasteiger partial charge in [-0.1, -0.05) is 37.3 Å². The predicted molar refractivity (Wildman–Crippen MR) is 58.6 cm³/mol. The van der Waals surface area contributed by atoms with Crippen molar-refractivity contribution in [3.05, 3.63) is 35.9 Å². The van der Waals surface area contributed by atoms with Crippen molar-refractivity contribution in [3.63, 3.8) is 0 Å². The average Bonchev–Trinajstić information content (AvgIpc) is 2.27. The molecule has 1 N–H and O–H groups in total. The lowest BCUT2D eigenvalue weighted by Crippen LogP contribution is -2.28. The molecule has 0 saturated carbocycles. The van der Waals surface area contributed by atoms with E-state index in [9.17, 15) is 13.2 Å². The van der Waals surface area contributed by atoms with Crippen molar-refractivity contribution in [2.45, 2.75) is 19.1 Å². The van der Waals surface area contributed by atoms with Crippen LogP contribution in [-0.2, 0) is 25.4 Å². The van der Waals surface area contributed by atoms with Crippen molar-refractivity contribution in [2.24, 2.45) is 0 Å². The Balaban J connectivity index is 2.56. The third-order valence-corrected chi connectivity index (χ3v) is 2.82. The zero-order chi connectivity index (χ0) is 12.0. The smallest absolute Gasteiger partial charge is 0.325 e. The van der Waals surface area contributed by atoms with E-state index in [0.29, 0.717) is 5.56 Å². The van der Waals surface area contributed by atoms with Crippen molar-refractivity contribution in [1.82, 2.24) is 4.89 Å². The molecule has 1 aromatic rings. The first-order chi connectivity index (χ1) is 7.53. The summed E-state index contributed by atoms with van der Waals surface area (Å²) in [6.07, 6.45) is 0.119. The highest BCUT2D eigenvalue weighted by Gasteiger charge is 2.13. The van der Waals surface area contributed by atoms with Gasteiger partial charge in [-0.2, -0.15) is 0 Å². The van der Waals surface area contributed by atoms with Crippen molar-refractivity contribution in [2.75, 3.05) is 0 Å². The van der Waals surface area contributed by atoms with Crippen LogP contribution in [0.25, 0.3) is 0 Å². The Bertz CT molecular complexity index is 441. The van der Waals surface area contributed by atoms with Crippen LogP contribution in [0, 0.1) is 0 Å². The van der Waals surface area contributed by atoms with E-state index in [0.717, 1.165) is 0 Å². The molecule has 0 bridgehead atoms. The maximum atomic E-state index is 11.4. The lowest BCUT2D eigenvalue weighted by atomic mass is 10.2. The fourth-order valence-corrected chi connectivity index (χ4v) is 1.92. The van der Waals surface area contributed by atoms with Crippen molar-refractivity contribution in [1.29, 1.82) is 0 Å². The monoisotopic (exact) mass is 243 g/mol. The highest BCUT2D eigenvalue weighted by atomic mass is 32.2. The van der Waals surface area contributed by atoms with Gasteiger partial charge in [0.1, 0.15) is 0 Å². The number of rotatable bonds is 5. The van der Waals surface area contributed by atoms with Gasteiger partial charge in [-0.3, -0.25) is 4.79 Å². The van der Waals surface area contributed by atoms with Crippen LogP contribution in [0.3, 0.4) is 0 Å². The molecule has 6 heteroatoms. The second-order valence-corrected chi connectivity index (χ2v) is 4.84. The summed E-state index contributed by atoms with van der Waals surface area (Å²) in [6, 6.07) is 8.63. The molecule has 0 atom stereocenters. The topological polar surface area (TPSA) is 72.5 Å². The van der Waals surface area contributed by atoms with Crippen molar-refractivity contribution < 1.29 is 18.0 Å². The normalized spacial score (nSPS) is 11.1. The second kappa shape index (κ2) is 5.62. The summed E-state index contributed by atoms with van der Waals surface area (Å²) < 4.78 is 22.9. The Hall–Kier alpha value is -1.40.